The average Bonchev–Trinajstić information content (AvgIpc) is 3.00. The molecule has 0 N–H and O–H groups in total. The van der Waals surface area contributed by atoms with Crippen LogP contribution in [0.4, 0.5) is 0 Å². The second kappa shape index (κ2) is 33.2. The van der Waals surface area contributed by atoms with Crippen LogP contribution in [0.15, 0.2) is 0 Å². The highest BCUT2D eigenvalue weighted by Gasteiger charge is 2.27. The number of nitrogens with zero attached hydrogens (tertiary/aromatic N) is 1. The lowest BCUT2D eigenvalue weighted by molar-refractivity contribution is -0.872. The second-order valence-corrected chi connectivity index (χ2v) is 15.8. The zero-order chi connectivity index (χ0) is 33.3. The predicted octanol–water partition coefficient (Wildman–Crippen LogP) is 13.4. The zero-order valence-electron chi connectivity index (χ0n) is 31.9. The van der Waals surface area contributed by atoms with Gasteiger partial charge >= 0.3 is 0 Å². The number of hydrogen-bond donors (Lipinski definition) is 0. The van der Waals surface area contributed by atoms with E-state index in [1.54, 1.807) is 0 Å². The molecule has 0 saturated carbocycles. The first kappa shape index (κ1) is 44.3. The zero-order valence-corrected chi connectivity index (χ0v) is 31.9. The van der Waals surface area contributed by atoms with Crippen molar-refractivity contribution in [3.8, 4) is 0 Å². The van der Waals surface area contributed by atoms with Crippen LogP contribution in [0.2, 0.25) is 0 Å². The van der Waals surface area contributed by atoms with E-state index >= 15 is 0 Å². The Bertz CT molecular complexity index is 637. The highest BCUT2D eigenvalue weighted by atomic mass is 16.1. The van der Waals surface area contributed by atoms with Gasteiger partial charge in [0.1, 0.15) is 11.6 Å². The summed E-state index contributed by atoms with van der Waals surface area (Å²) in [6.45, 7) is 5.35. The molecule has 0 amide bonds. The fourth-order valence-electron chi connectivity index (χ4n) is 6.89. The maximum Gasteiger partial charge on any atom is 0.142 e. The Morgan fingerprint density at radius 2 is 0.667 bits per heavy atom. The topological polar surface area (TPSA) is 34.1 Å². The van der Waals surface area contributed by atoms with Gasteiger partial charge in [0.15, 0.2) is 0 Å². The summed E-state index contributed by atoms with van der Waals surface area (Å²) in [6.07, 6.45) is 42.1. The van der Waals surface area contributed by atoms with Crippen molar-refractivity contribution >= 4 is 11.6 Å². The number of Topliss-reactive ketones (excluding diaryl/α,β-unsaturated/α-hetero) is 2. The van der Waals surface area contributed by atoms with Gasteiger partial charge in [0, 0.05) is 19.3 Å². The number of hydrogen-bond acceptors (Lipinski definition) is 2. The van der Waals surface area contributed by atoms with Gasteiger partial charge in [0.2, 0.25) is 0 Å². The molecule has 0 saturated heterocycles. The Kier molecular flexibility index (Phi) is 32.7. The Morgan fingerprint density at radius 1 is 0.400 bits per heavy atom. The van der Waals surface area contributed by atoms with E-state index in [4.69, 9.17) is 0 Å². The molecule has 0 fully saturated rings. The summed E-state index contributed by atoms with van der Waals surface area (Å²) in [6, 6.07) is 0. The van der Waals surface area contributed by atoms with Crippen molar-refractivity contribution in [1.29, 1.82) is 0 Å². The van der Waals surface area contributed by atoms with Crippen LogP contribution in [0.25, 0.3) is 0 Å². The van der Waals surface area contributed by atoms with E-state index < -0.39 is 0 Å². The molecule has 1 unspecified atom stereocenters. The molecule has 0 heterocycles. The number of carbonyl (C=O) groups is 2. The van der Waals surface area contributed by atoms with Gasteiger partial charge < -0.3 is 4.48 Å². The molecule has 0 rings (SSSR count). The summed E-state index contributed by atoms with van der Waals surface area (Å²) in [5, 5.41) is 0. The first-order valence-electron chi connectivity index (χ1n) is 20.6. The first-order chi connectivity index (χ1) is 21.8. The van der Waals surface area contributed by atoms with Crippen LogP contribution in [-0.4, -0.2) is 43.7 Å². The molecule has 45 heavy (non-hydrogen) atoms. The summed E-state index contributed by atoms with van der Waals surface area (Å²) >= 11 is 0. The summed E-state index contributed by atoms with van der Waals surface area (Å²) in [7, 11) is 6.44. The van der Waals surface area contributed by atoms with Gasteiger partial charge in [-0.3, -0.25) is 9.59 Å². The van der Waals surface area contributed by atoms with Gasteiger partial charge in [0.05, 0.1) is 33.6 Å². The SMILES string of the molecule is CCCCCCCCCCCCCCCCCC(=O)CC(C[N+](C)(C)C)C(=O)CCCCCCCCCCCCCCCCC. The van der Waals surface area contributed by atoms with E-state index in [9.17, 15) is 9.59 Å². The van der Waals surface area contributed by atoms with E-state index in [0.717, 1.165) is 36.7 Å². The largest absolute Gasteiger partial charge is 0.330 e. The molecular formula is C42H84NO2+. The average molecular weight is 635 g/mol. The smallest absolute Gasteiger partial charge is 0.142 e. The second-order valence-electron chi connectivity index (χ2n) is 15.8. The third-order valence-corrected chi connectivity index (χ3v) is 9.78. The number of rotatable bonds is 37. The van der Waals surface area contributed by atoms with Gasteiger partial charge in [-0.1, -0.05) is 194 Å². The third-order valence-electron chi connectivity index (χ3n) is 9.78. The van der Waals surface area contributed by atoms with Crippen molar-refractivity contribution < 1.29 is 14.1 Å². The molecule has 0 aromatic heterocycles. The van der Waals surface area contributed by atoms with E-state index in [1.165, 1.54) is 167 Å². The van der Waals surface area contributed by atoms with E-state index in [0.29, 0.717) is 30.8 Å². The summed E-state index contributed by atoms with van der Waals surface area (Å²) in [5.74, 6) is 0.552. The molecule has 3 heteroatoms. The van der Waals surface area contributed by atoms with Crippen LogP contribution >= 0.6 is 0 Å². The molecule has 0 bridgehead atoms. The highest BCUT2D eigenvalue weighted by Crippen LogP contribution is 2.19. The lowest BCUT2D eigenvalue weighted by Gasteiger charge is -2.28. The molecular weight excluding hydrogens is 550 g/mol. The number of unbranched alkanes of at least 4 members (excludes halogenated alkanes) is 28. The minimum Gasteiger partial charge on any atom is -0.330 e. The van der Waals surface area contributed by atoms with Crippen LogP contribution < -0.4 is 0 Å². The lowest BCUT2D eigenvalue weighted by Crippen LogP contribution is -2.42. The van der Waals surface area contributed by atoms with E-state index in [1.807, 2.05) is 0 Å². The molecule has 3 nitrogen and oxygen atoms in total. The summed E-state index contributed by atoms with van der Waals surface area (Å²) in [5.41, 5.74) is 0. The van der Waals surface area contributed by atoms with Crippen molar-refractivity contribution in [2.24, 2.45) is 5.92 Å². The number of ketones is 2. The minimum atomic E-state index is -0.0968. The maximum atomic E-state index is 13.1. The van der Waals surface area contributed by atoms with Crippen LogP contribution in [0.5, 0.6) is 0 Å². The van der Waals surface area contributed by atoms with Gasteiger partial charge in [-0.2, -0.15) is 0 Å². The van der Waals surface area contributed by atoms with Crippen LogP contribution in [0.3, 0.4) is 0 Å². The fraction of sp³-hybridized carbons (Fsp3) is 0.952. The molecule has 0 aliphatic heterocycles. The number of quaternary nitrogens is 1. The van der Waals surface area contributed by atoms with Crippen LogP contribution in [-0.2, 0) is 9.59 Å². The van der Waals surface area contributed by atoms with Crippen molar-refractivity contribution in [3.63, 3.8) is 0 Å². The molecule has 0 aromatic carbocycles. The van der Waals surface area contributed by atoms with Crippen molar-refractivity contribution in [2.75, 3.05) is 27.7 Å². The van der Waals surface area contributed by atoms with E-state index in [-0.39, 0.29) is 5.92 Å². The number of carbonyl (C=O) groups excluding carboxylic acids is 2. The molecule has 0 aliphatic rings. The molecule has 268 valence electrons. The molecule has 0 aliphatic carbocycles. The van der Waals surface area contributed by atoms with Crippen molar-refractivity contribution in [2.45, 2.75) is 226 Å². The van der Waals surface area contributed by atoms with Gasteiger partial charge in [-0.25, -0.2) is 0 Å². The Morgan fingerprint density at radius 3 is 0.956 bits per heavy atom. The Hall–Kier alpha value is -0.700. The van der Waals surface area contributed by atoms with Gasteiger partial charge in [-0.05, 0) is 12.8 Å². The lowest BCUT2D eigenvalue weighted by atomic mass is 9.91. The maximum absolute atomic E-state index is 13.1. The minimum absolute atomic E-state index is 0.0968. The summed E-state index contributed by atoms with van der Waals surface area (Å²) in [4.78, 5) is 26.0. The molecule has 1 atom stereocenters. The monoisotopic (exact) mass is 635 g/mol. The summed E-state index contributed by atoms with van der Waals surface area (Å²) < 4.78 is 0.751. The van der Waals surface area contributed by atoms with E-state index in [2.05, 4.69) is 35.0 Å². The predicted molar refractivity (Wildman–Crippen MR) is 200 cm³/mol. The van der Waals surface area contributed by atoms with Crippen LogP contribution in [0.1, 0.15) is 226 Å². The molecule has 0 radical (unpaired) electrons. The third kappa shape index (κ3) is 34.5. The normalized spacial score (nSPS) is 12.6. The Labute approximate surface area is 284 Å². The highest BCUT2D eigenvalue weighted by molar-refractivity contribution is 5.88. The van der Waals surface area contributed by atoms with Gasteiger partial charge in [0.25, 0.3) is 0 Å². The van der Waals surface area contributed by atoms with Crippen molar-refractivity contribution in [1.82, 2.24) is 0 Å². The molecule has 0 aromatic rings. The van der Waals surface area contributed by atoms with Crippen LogP contribution in [0, 0.1) is 5.92 Å². The van der Waals surface area contributed by atoms with Gasteiger partial charge in [-0.15, -0.1) is 0 Å². The quantitative estimate of drug-likeness (QED) is 0.0503. The van der Waals surface area contributed by atoms with Crippen molar-refractivity contribution in [3.05, 3.63) is 0 Å². The standard InChI is InChI=1S/C42H84NO2/c1-6-8-10-12-14-16-18-20-22-24-26-28-30-32-34-36-41(44)38-40(39-43(3,4)5)42(45)37-35-33-31-29-27-25-23-21-19-17-15-13-11-9-7-2/h40H,6-39H2,1-5H3/q+1. The molecule has 0 spiro atoms. The first-order valence-corrected chi connectivity index (χ1v) is 20.6. The fourth-order valence-corrected chi connectivity index (χ4v) is 6.89. The Balaban J connectivity index is 3.84.